The fourth-order valence-corrected chi connectivity index (χ4v) is 2.17. The number of esters is 1. The van der Waals surface area contributed by atoms with Crippen LogP contribution in [-0.2, 0) is 14.3 Å². The van der Waals surface area contributed by atoms with Gasteiger partial charge in [0.05, 0.1) is 31.2 Å². The van der Waals surface area contributed by atoms with Crippen LogP contribution in [0.15, 0.2) is 36.0 Å². The highest BCUT2D eigenvalue weighted by atomic mass is 16.5. The average molecular weight is 301 g/mol. The molecule has 1 heterocycles. The molecule has 6 heteroatoms. The van der Waals surface area contributed by atoms with Crippen molar-refractivity contribution in [2.45, 2.75) is 6.92 Å². The van der Waals surface area contributed by atoms with Crippen LogP contribution >= 0.6 is 0 Å². The summed E-state index contributed by atoms with van der Waals surface area (Å²) in [5.74, 6) is -0.624. The summed E-state index contributed by atoms with van der Waals surface area (Å²) in [6, 6.07) is 9.60. The number of nitrogens with one attached hydrogen (secondary N) is 1. The van der Waals surface area contributed by atoms with Crippen LogP contribution in [-0.4, -0.2) is 38.9 Å². The van der Waals surface area contributed by atoms with Crippen molar-refractivity contribution in [3.8, 4) is 6.07 Å². The molecule has 1 saturated heterocycles. The van der Waals surface area contributed by atoms with E-state index in [0.717, 1.165) is 24.5 Å². The summed E-state index contributed by atoms with van der Waals surface area (Å²) in [5, 5.41) is 12.1. The molecule has 0 aromatic heterocycles. The van der Waals surface area contributed by atoms with Crippen LogP contribution in [0, 0.1) is 11.3 Å². The van der Waals surface area contributed by atoms with Crippen molar-refractivity contribution >= 4 is 17.3 Å². The van der Waals surface area contributed by atoms with Gasteiger partial charge in [-0.3, -0.25) is 0 Å². The third-order valence-electron chi connectivity index (χ3n) is 3.24. The first-order valence-electron chi connectivity index (χ1n) is 7.22. The van der Waals surface area contributed by atoms with E-state index < -0.39 is 5.97 Å². The first-order chi connectivity index (χ1) is 10.8. The van der Waals surface area contributed by atoms with Gasteiger partial charge in [-0.2, -0.15) is 5.26 Å². The summed E-state index contributed by atoms with van der Waals surface area (Å²) < 4.78 is 10.2. The first kappa shape index (κ1) is 15.9. The summed E-state index contributed by atoms with van der Waals surface area (Å²) in [4.78, 5) is 13.8. The van der Waals surface area contributed by atoms with E-state index in [1.807, 2.05) is 30.3 Å². The molecule has 0 spiro atoms. The Morgan fingerprint density at radius 2 is 2.18 bits per heavy atom. The molecule has 1 fully saturated rings. The van der Waals surface area contributed by atoms with Gasteiger partial charge in [-0.1, -0.05) is 12.1 Å². The molecular weight excluding hydrogens is 282 g/mol. The van der Waals surface area contributed by atoms with Crippen molar-refractivity contribution in [2.24, 2.45) is 0 Å². The van der Waals surface area contributed by atoms with Gasteiger partial charge in [0.2, 0.25) is 0 Å². The molecule has 0 aliphatic carbocycles. The highest BCUT2D eigenvalue weighted by Gasteiger charge is 2.15. The number of carbonyl (C=O) groups excluding carboxylic acids is 1. The van der Waals surface area contributed by atoms with Crippen molar-refractivity contribution in [1.82, 2.24) is 0 Å². The second-order valence-electron chi connectivity index (χ2n) is 4.65. The lowest BCUT2D eigenvalue weighted by atomic mass is 10.2. The van der Waals surface area contributed by atoms with E-state index >= 15 is 0 Å². The second-order valence-corrected chi connectivity index (χ2v) is 4.65. The van der Waals surface area contributed by atoms with Gasteiger partial charge in [0.25, 0.3) is 0 Å². The Balaban J connectivity index is 2.15. The molecule has 0 saturated carbocycles. The van der Waals surface area contributed by atoms with Crippen LogP contribution in [0.3, 0.4) is 0 Å². The smallest absolute Gasteiger partial charge is 0.350 e. The van der Waals surface area contributed by atoms with Crippen LogP contribution in [0.1, 0.15) is 6.92 Å². The quantitative estimate of drug-likeness (QED) is 0.509. The zero-order valence-corrected chi connectivity index (χ0v) is 12.5. The van der Waals surface area contributed by atoms with Crippen molar-refractivity contribution in [3.05, 3.63) is 36.0 Å². The van der Waals surface area contributed by atoms with Gasteiger partial charge in [-0.15, -0.1) is 0 Å². The summed E-state index contributed by atoms with van der Waals surface area (Å²) in [6.07, 6.45) is 1.39. The molecule has 1 aromatic carbocycles. The maximum atomic E-state index is 11.6. The number of nitriles is 1. The van der Waals surface area contributed by atoms with E-state index in [4.69, 9.17) is 14.7 Å². The van der Waals surface area contributed by atoms with Crippen LogP contribution in [0.5, 0.6) is 0 Å². The lowest BCUT2D eigenvalue weighted by molar-refractivity contribution is -0.138. The fourth-order valence-electron chi connectivity index (χ4n) is 2.17. The molecule has 1 N–H and O–H groups in total. The lowest BCUT2D eigenvalue weighted by Gasteiger charge is -2.30. The van der Waals surface area contributed by atoms with Crippen LogP contribution in [0.2, 0.25) is 0 Å². The van der Waals surface area contributed by atoms with Gasteiger partial charge in [-0.05, 0) is 19.1 Å². The van der Waals surface area contributed by atoms with Crippen LogP contribution in [0.4, 0.5) is 11.4 Å². The molecule has 22 heavy (non-hydrogen) atoms. The number of carbonyl (C=O) groups is 1. The van der Waals surface area contributed by atoms with Crippen molar-refractivity contribution < 1.29 is 14.3 Å². The van der Waals surface area contributed by atoms with Gasteiger partial charge in [-0.25, -0.2) is 4.79 Å². The number of benzene rings is 1. The molecule has 0 bridgehead atoms. The molecule has 2 rings (SSSR count). The normalized spacial score (nSPS) is 15.1. The predicted octanol–water partition coefficient (Wildman–Crippen LogP) is 1.91. The number of morpholine rings is 1. The Bertz CT molecular complexity index is 587. The third kappa shape index (κ3) is 3.99. The first-order valence-corrected chi connectivity index (χ1v) is 7.22. The Morgan fingerprint density at radius 1 is 1.45 bits per heavy atom. The van der Waals surface area contributed by atoms with Crippen LogP contribution < -0.4 is 10.2 Å². The summed E-state index contributed by atoms with van der Waals surface area (Å²) >= 11 is 0. The van der Waals surface area contributed by atoms with Crippen LogP contribution in [0.25, 0.3) is 0 Å². The van der Waals surface area contributed by atoms with Gasteiger partial charge in [0.15, 0.2) is 5.57 Å². The van der Waals surface area contributed by atoms with Crippen molar-refractivity contribution in [1.29, 1.82) is 5.26 Å². The molecule has 1 aliphatic heterocycles. The van der Waals surface area contributed by atoms with E-state index in [0.29, 0.717) is 13.2 Å². The monoisotopic (exact) mass is 301 g/mol. The van der Waals surface area contributed by atoms with Crippen molar-refractivity contribution in [3.63, 3.8) is 0 Å². The summed E-state index contributed by atoms with van der Waals surface area (Å²) in [7, 11) is 0. The van der Waals surface area contributed by atoms with Crippen molar-refractivity contribution in [2.75, 3.05) is 43.1 Å². The summed E-state index contributed by atoms with van der Waals surface area (Å²) in [6.45, 7) is 4.94. The number of rotatable bonds is 5. The molecule has 0 atom stereocenters. The second kappa shape index (κ2) is 8.05. The SMILES string of the molecule is CCOC(=O)/C(C#N)=C/Nc1ccccc1N1CCOCC1. The topological polar surface area (TPSA) is 74.6 Å². The molecule has 116 valence electrons. The molecule has 0 unspecified atom stereocenters. The number of hydrogen-bond acceptors (Lipinski definition) is 6. The fraction of sp³-hybridized carbons (Fsp3) is 0.375. The summed E-state index contributed by atoms with van der Waals surface area (Å²) in [5.41, 5.74) is 1.79. The zero-order valence-electron chi connectivity index (χ0n) is 12.5. The highest BCUT2D eigenvalue weighted by Crippen LogP contribution is 2.26. The molecule has 6 nitrogen and oxygen atoms in total. The predicted molar refractivity (Wildman–Crippen MR) is 83.4 cm³/mol. The lowest BCUT2D eigenvalue weighted by Crippen LogP contribution is -2.36. The molecule has 0 radical (unpaired) electrons. The maximum Gasteiger partial charge on any atom is 0.350 e. The molecular formula is C16H19N3O3. The largest absolute Gasteiger partial charge is 0.462 e. The van der Waals surface area contributed by atoms with Gasteiger partial charge in [0.1, 0.15) is 6.07 Å². The number of ether oxygens (including phenoxy) is 2. The van der Waals surface area contributed by atoms with E-state index in [2.05, 4.69) is 10.2 Å². The van der Waals surface area contributed by atoms with E-state index in [1.165, 1.54) is 6.20 Å². The maximum absolute atomic E-state index is 11.6. The standard InChI is InChI=1S/C16H19N3O3/c1-2-22-16(20)13(11-17)12-18-14-5-3-4-6-15(14)19-7-9-21-10-8-19/h3-6,12,18H,2,7-10H2,1H3/b13-12+. The average Bonchev–Trinajstić information content (AvgIpc) is 2.57. The molecule has 1 aliphatic rings. The number of hydrogen-bond donors (Lipinski definition) is 1. The van der Waals surface area contributed by atoms with Gasteiger partial charge < -0.3 is 19.7 Å². The van der Waals surface area contributed by atoms with Gasteiger partial charge in [0, 0.05) is 19.3 Å². The van der Waals surface area contributed by atoms with E-state index in [-0.39, 0.29) is 12.2 Å². The van der Waals surface area contributed by atoms with E-state index in [1.54, 1.807) is 6.92 Å². The minimum atomic E-state index is -0.624. The number of para-hydroxylation sites is 2. The molecule has 0 amide bonds. The molecule has 1 aromatic rings. The third-order valence-corrected chi connectivity index (χ3v) is 3.24. The minimum absolute atomic E-state index is 0.0568. The van der Waals surface area contributed by atoms with Gasteiger partial charge >= 0.3 is 5.97 Å². The Hall–Kier alpha value is -2.52. The Labute approximate surface area is 129 Å². The zero-order chi connectivity index (χ0) is 15.8. The Kier molecular flexibility index (Phi) is 5.81. The Morgan fingerprint density at radius 3 is 2.86 bits per heavy atom. The van der Waals surface area contributed by atoms with E-state index in [9.17, 15) is 4.79 Å². The minimum Gasteiger partial charge on any atom is -0.462 e. The number of anilines is 2. The number of nitrogens with zero attached hydrogens (tertiary/aromatic N) is 2. The highest BCUT2D eigenvalue weighted by molar-refractivity contribution is 5.93.